The van der Waals surface area contributed by atoms with E-state index in [0.717, 1.165) is 0 Å². The second-order valence-electron chi connectivity index (χ2n) is 3.11. The molecule has 0 radical (unpaired) electrons. The van der Waals surface area contributed by atoms with Crippen LogP contribution in [0.3, 0.4) is 0 Å². The Morgan fingerprint density at radius 2 is 2.00 bits per heavy atom. The molecule has 0 fully saturated rings. The first-order chi connectivity index (χ1) is 8.58. The van der Waals surface area contributed by atoms with E-state index in [1.807, 2.05) is 0 Å². The SMILES string of the molecule is C/C=C(\N=NC)C(=O)Oc1ccc([N+](=O)[O-])cc1. The lowest BCUT2D eigenvalue weighted by molar-refractivity contribution is -0.384. The van der Waals surface area contributed by atoms with E-state index in [1.165, 1.54) is 37.4 Å². The molecule has 1 aromatic carbocycles. The zero-order chi connectivity index (χ0) is 13.5. The Balaban J connectivity index is 2.79. The zero-order valence-electron chi connectivity index (χ0n) is 9.86. The van der Waals surface area contributed by atoms with Gasteiger partial charge in [-0.05, 0) is 19.1 Å². The summed E-state index contributed by atoms with van der Waals surface area (Å²) >= 11 is 0. The summed E-state index contributed by atoms with van der Waals surface area (Å²) in [5.74, 6) is -0.465. The summed E-state index contributed by atoms with van der Waals surface area (Å²) in [6.07, 6.45) is 1.46. The highest BCUT2D eigenvalue weighted by molar-refractivity contribution is 5.89. The molecule has 0 aromatic heterocycles. The minimum Gasteiger partial charge on any atom is -0.422 e. The third-order valence-corrected chi connectivity index (χ3v) is 1.95. The number of non-ortho nitro benzene ring substituents is 1. The van der Waals surface area contributed by atoms with Crippen LogP contribution in [0.2, 0.25) is 0 Å². The van der Waals surface area contributed by atoms with Crippen molar-refractivity contribution in [3.05, 3.63) is 46.2 Å². The van der Waals surface area contributed by atoms with Gasteiger partial charge >= 0.3 is 5.97 Å². The van der Waals surface area contributed by atoms with Crippen molar-refractivity contribution in [2.75, 3.05) is 7.05 Å². The van der Waals surface area contributed by atoms with Crippen LogP contribution in [0.5, 0.6) is 5.75 Å². The molecule has 0 aliphatic rings. The standard InChI is InChI=1S/C11H11N3O4/c1-3-10(13-12-2)11(15)18-9-6-4-8(5-7-9)14(16)17/h3-7H,1-2H3/b10-3-,13-12?. The normalized spacial score (nSPS) is 11.6. The number of carbonyl (C=O) groups excluding carboxylic acids is 1. The molecule has 7 heteroatoms. The van der Waals surface area contributed by atoms with Gasteiger partial charge in [0.05, 0.1) is 4.92 Å². The average molecular weight is 249 g/mol. The van der Waals surface area contributed by atoms with Crippen molar-refractivity contribution in [3.63, 3.8) is 0 Å². The zero-order valence-corrected chi connectivity index (χ0v) is 9.86. The highest BCUT2D eigenvalue weighted by atomic mass is 16.6. The topological polar surface area (TPSA) is 94.2 Å². The first kappa shape index (κ1) is 13.5. The first-order valence-corrected chi connectivity index (χ1v) is 5.01. The molecule has 1 aromatic rings. The summed E-state index contributed by atoms with van der Waals surface area (Å²) in [7, 11) is 1.43. The molecule has 0 heterocycles. The molecular weight excluding hydrogens is 238 g/mol. The molecule has 0 saturated carbocycles. The van der Waals surface area contributed by atoms with Gasteiger partial charge in [-0.2, -0.15) is 5.11 Å². The number of hydrogen-bond acceptors (Lipinski definition) is 6. The van der Waals surface area contributed by atoms with Gasteiger partial charge in [-0.15, -0.1) is 5.11 Å². The molecule has 0 unspecified atom stereocenters. The number of esters is 1. The van der Waals surface area contributed by atoms with Crippen LogP contribution in [0.1, 0.15) is 6.92 Å². The van der Waals surface area contributed by atoms with Gasteiger partial charge in [-0.1, -0.05) is 6.08 Å². The fraction of sp³-hybridized carbons (Fsp3) is 0.182. The molecule has 0 atom stereocenters. The van der Waals surface area contributed by atoms with Crippen LogP contribution in [0, 0.1) is 10.1 Å². The van der Waals surface area contributed by atoms with Crippen molar-refractivity contribution in [1.82, 2.24) is 0 Å². The van der Waals surface area contributed by atoms with Gasteiger partial charge < -0.3 is 4.74 Å². The smallest absolute Gasteiger partial charge is 0.363 e. The molecule has 0 spiro atoms. The lowest BCUT2D eigenvalue weighted by atomic mass is 10.3. The van der Waals surface area contributed by atoms with Gasteiger partial charge in [-0.25, -0.2) is 4.79 Å². The van der Waals surface area contributed by atoms with E-state index in [9.17, 15) is 14.9 Å². The fourth-order valence-corrected chi connectivity index (χ4v) is 1.12. The predicted molar refractivity (Wildman–Crippen MR) is 63.3 cm³/mol. The van der Waals surface area contributed by atoms with Crippen molar-refractivity contribution in [2.45, 2.75) is 6.92 Å². The van der Waals surface area contributed by atoms with Crippen LogP contribution < -0.4 is 4.74 Å². The van der Waals surface area contributed by atoms with Gasteiger partial charge in [0.2, 0.25) is 0 Å². The molecule has 18 heavy (non-hydrogen) atoms. The summed E-state index contributed by atoms with van der Waals surface area (Å²) in [6.45, 7) is 1.63. The Labute approximate surface area is 103 Å². The Morgan fingerprint density at radius 3 is 2.44 bits per heavy atom. The minimum atomic E-state index is -0.669. The number of nitro benzene ring substituents is 1. The Morgan fingerprint density at radius 1 is 1.39 bits per heavy atom. The van der Waals surface area contributed by atoms with Crippen molar-refractivity contribution in [2.24, 2.45) is 10.2 Å². The van der Waals surface area contributed by atoms with E-state index in [1.54, 1.807) is 6.92 Å². The van der Waals surface area contributed by atoms with E-state index < -0.39 is 10.9 Å². The molecule has 0 saturated heterocycles. The average Bonchev–Trinajstić information content (AvgIpc) is 2.36. The number of carbonyl (C=O) groups is 1. The summed E-state index contributed by atoms with van der Waals surface area (Å²) in [4.78, 5) is 21.5. The minimum absolute atomic E-state index is 0.0656. The Bertz CT molecular complexity index is 506. The molecule has 0 amide bonds. The van der Waals surface area contributed by atoms with Crippen LogP contribution in [0.15, 0.2) is 46.3 Å². The van der Waals surface area contributed by atoms with Gasteiger partial charge in [0.25, 0.3) is 5.69 Å². The molecule has 0 aliphatic carbocycles. The predicted octanol–water partition coefficient (Wildman–Crippen LogP) is 2.49. The van der Waals surface area contributed by atoms with Gasteiger partial charge in [0.1, 0.15) is 5.75 Å². The van der Waals surface area contributed by atoms with Gasteiger partial charge in [-0.3, -0.25) is 10.1 Å². The summed E-state index contributed by atoms with van der Waals surface area (Å²) in [6, 6.07) is 5.18. The number of allylic oxidation sites excluding steroid dienone is 1. The van der Waals surface area contributed by atoms with Crippen LogP contribution >= 0.6 is 0 Å². The molecule has 94 valence electrons. The van der Waals surface area contributed by atoms with E-state index in [0.29, 0.717) is 0 Å². The van der Waals surface area contributed by atoms with Crippen LogP contribution in [-0.4, -0.2) is 17.9 Å². The molecule has 1 rings (SSSR count). The summed E-state index contributed by atoms with van der Waals surface area (Å²) in [5.41, 5.74) is -0.00912. The van der Waals surface area contributed by atoms with Crippen LogP contribution in [0.4, 0.5) is 5.69 Å². The lowest BCUT2D eigenvalue weighted by Crippen LogP contribution is -2.09. The number of benzene rings is 1. The number of nitrogens with zero attached hydrogens (tertiary/aromatic N) is 3. The molecule has 0 aliphatic heterocycles. The van der Waals surface area contributed by atoms with Crippen molar-refractivity contribution in [1.29, 1.82) is 0 Å². The van der Waals surface area contributed by atoms with Gasteiger partial charge in [0, 0.05) is 19.2 Å². The second kappa shape index (κ2) is 6.24. The molecule has 0 bridgehead atoms. The fourth-order valence-electron chi connectivity index (χ4n) is 1.12. The van der Waals surface area contributed by atoms with Crippen LogP contribution in [-0.2, 0) is 4.79 Å². The second-order valence-corrected chi connectivity index (χ2v) is 3.11. The molecular formula is C11H11N3O4. The van der Waals surface area contributed by atoms with Crippen LogP contribution in [0.25, 0.3) is 0 Å². The van der Waals surface area contributed by atoms with Crippen molar-refractivity contribution < 1.29 is 14.5 Å². The monoisotopic (exact) mass is 249 g/mol. The maximum absolute atomic E-state index is 11.6. The maximum Gasteiger partial charge on any atom is 0.363 e. The van der Waals surface area contributed by atoms with E-state index in [-0.39, 0.29) is 17.1 Å². The Kier molecular flexibility index (Phi) is 4.67. The molecule has 0 N–H and O–H groups in total. The lowest BCUT2D eigenvalue weighted by Gasteiger charge is -2.02. The quantitative estimate of drug-likeness (QED) is 0.204. The van der Waals surface area contributed by atoms with Crippen molar-refractivity contribution >= 4 is 11.7 Å². The third kappa shape index (κ3) is 3.48. The maximum atomic E-state index is 11.6. The van der Waals surface area contributed by atoms with E-state index in [2.05, 4.69) is 10.2 Å². The highest BCUT2D eigenvalue weighted by Crippen LogP contribution is 2.18. The summed E-state index contributed by atoms with van der Waals surface area (Å²) in [5, 5.41) is 17.5. The number of rotatable bonds is 4. The number of hydrogen-bond donors (Lipinski definition) is 0. The summed E-state index contributed by atoms with van der Waals surface area (Å²) < 4.78 is 4.97. The van der Waals surface area contributed by atoms with Crippen molar-refractivity contribution in [3.8, 4) is 5.75 Å². The molecule has 7 nitrogen and oxygen atoms in total. The first-order valence-electron chi connectivity index (χ1n) is 5.01. The number of nitro groups is 1. The Hall–Kier alpha value is -2.57. The van der Waals surface area contributed by atoms with Gasteiger partial charge in [0.15, 0.2) is 5.70 Å². The third-order valence-electron chi connectivity index (χ3n) is 1.95. The number of azo groups is 1. The number of ether oxygens (including phenoxy) is 1. The van der Waals surface area contributed by atoms with E-state index >= 15 is 0 Å². The van der Waals surface area contributed by atoms with E-state index in [4.69, 9.17) is 4.74 Å². The highest BCUT2D eigenvalue weighted by Gasteiger charge is 2.12. The largest absolute Gasteiger partial charge is 0.422 e.